The molecule has 0 radical (unpaired) electrons. The second kappa shape index (κ2) is 10.2. The van der Waals surface area contributed by atoms with E-state index < -0.39 is 54.7 Å². The summed E-state index contributed by atoms with van der Waals surface area (Å²) in [6, 6.07) is 4.09. The van der Waals surface area contributed by atoms with Crippen LogP contribution in [0.5, 0.6) is 0 Å². The lowest BCUT2D eigenvalue weighted by Crippen LogP contribution is -2.57. The number of rotatable bonds is 6. The molecule has 202 valence electrons. The van der Waals surface area contributed by atoms with E-state index in [0.717, 1.165) is 0 Å². The number of amides is 2. The Morgan fingerprint density at radius 3 is 2.35 bits per heavy atom. The molecule has 1 aliphatic carbocycles. The summed E-state index contributed by atoms with van der Waals surface area (Å²) in [7, 11) is 0. The zero-order chi connectivity index (χ0) is 27.8. The van der Waals surface area contributed by atoms with Gasteiger partial charge in [-0.1, -0.05) is 47.4 Å². The van der Waals surface area contributed by atoms with Gasteiger partial charge in [-0.3, -0.25) is 9.59 Å². The molecule has 1 aliphatic heterocycles. The van der Waals surface area contributed by atoms with Crippen molar-refractivity contribution in [3.05, 3.63) is 57.1 Å². The third-order valence-electron chi connectivity index (χ3n) is 6.10. The van der Waals surface area contributed by atoms with E-state index in [1.807, 2.05) is 0 Å². The number of carbonyl (C=O) groups is 2. The van der Waals surface area contributed by atoms with Gasteiger partial charge in [-0.2, -0.15) is 26.3 Å². The normalized spacial score (nSPS) is 24.0. The van der Waals surface area contributed by atoms with E-state index in [1.165, 1.54) is 44.2 Å². The molecule has 14 heteroatoms. The van der Waals surface area contributed by atoms with Crippen molar-refractivity contribution in [3.63, 3.8) is 0 Å². The second-order valence-electron chi connectivity index (χ2n) is 8.95. The summed E-state index contributed by atoms with van der Waals surface area (Å²) < 4.78 is 79.8. The maximum atomic E-state index is 14.4. The van der Waals surface area contributed by atoms with Crippen LogP contribution in [0, 0.1) is 12.3 Å². The third kappa shape index (κ3) is 6.23. The van der Waals surface area contributed by atoms with Gasteiger partial charge in [0.2, 0.25) is 11.5 Å². The molecule has 3 rings (SSSR count). The fourth-order valence-corrected chi connectivity index (χ4v) is 5.02. The van der Waals surface area contributed by atoms with Crippen LogP contribution in [-0.2, 0) is 9.63 Å². The zero-order valence-corrected chi connectivity index (χ0v) is 20.9. The molecule has 2 aliphatic rings. The second-order valence-corrected chi connectivity index (χ2v) is 9.87. The molecule has 1 aromatic carbocycles. The summed E-state index contributed by atoms with van der Waals surface area (Å²) in [5.41, 5.74) is -3.77. The number of hydrogen-bond acceptors (Lipinski definition) is 4. The Bertz CT molecular complexity index is 1200. The average Bonchev–Trinajstić information content (AvgIpc) is 3.22. The van der Waals surface area contributed by atoms with E-state index in [-0.39, 0.29) is 33.3 Å². The van der Waals surface area contributed by atoms with E-state index in [2.05, 4.69) is 10.5 Å². The lowest BCUT2D eigenvalue weighted by molar-refractivity contribution is -0.300. The molecule has 2 N–H and O–H groups in total. The standard InChI is InChI=1S/C23H21Cl2F6N3O3/c1-12-5-13(3-4-16(12)19(36)32-10-18(35)33-11-22(26,27)28)17-9-21(37-34-17,23(29,30)31)20(2)7-14(24)6-15(25)8-20/h3-7H,8-11H2,1-2H3,(H,32,36)(H,33,35)/t20?,21-/m0/s1. The molecule has 0 aromatic heterocycles. The molecule has 0 fully saturated rings. The Hall–Kier alpha value is -2.73. The monoisotopic (exact) mass is 571 g/mol. The van der Waals surface area contributed by atoms with E-state index in [4.69, 9.17) is 28.0 Å². The molecule has 0 spiro atoms. The SMILES string of the molecule is Cc1cc(C2=NO[C@](C(F)(F)F)(C3(C)C=C(Cl)C=C(Cl)C3)C2)ccc1C(=O)NCC(=O)NCC(F)(F)F. The van der Waals surface area contributed by atoms with Crippen LogP contribution in [0.15, 0.2) is 45.6 Å². The van der Waals surface area contributed by atoms with E-state index >= 15 is 0 Å². The highest BCUT2D eigenvalue weighted by Gasteiger charge is 2.70. The van der Waals surface area contributed by atoms with Crippen LogP contribution in [0.2, 0.25) is 0 Å². The van der Waals surface area contributed by atoms with E-state index in [1.54, 1.807) is 5.32 Å². The summed E-state index contributed by atoms with van der Waals surface area (Å²) in [6.07, 6.45) is -7.67. The molecule has 0 bridgehead atoms. The largest absolute Gasteiger partial charge is 0.432 e. The molecule has 2 amide bonds. The smallest absolute Gasteiger partial charge is 0.378 e. The van der Waals surface area contributed by atoms with Gasteiger partial charge in [0.15, 0.2) is 0 Å². The molecule has 37 heavy (non-hydrogen) atoms. The Morgan fingerprint density at radius 1 is 1.11 bits per heavy atom. The van der Waals surface area contributed by atoms with Crippen molar-refractivity contribution in [1.82, 2.24) is 10.6 Å². The highest BCUT2D eigenvalue weighted by Crippen LogP contribution is 2.57. The van der Waals surface area contributed by atoms with E-state index in [0.29, 0.717) is 5.56 Å². The Kier molecular flexibility index (Phi) is 7.95. The molecule has 0 saturated heterocycles. The van der Waals surface area contributed by atoms with Gasteiger partial charge >= 0.3 is 12.4 Å². The molecular weight excluding hydrogens is 551 g/mol. The number of halogens is 8. The topological polar surface area (TPSA) is 79.8 Å². The first-order valence-electron chi connectivity index (χ1n) is 10.8. The van der Waals surface area contributed by atoms with Crippen molar-refractivity contribution in [2.75, 3.05) is 13.1 Å². The predicted molar refractivity (Wildman–Crippen MR) is 124 cm³/mol. The maximum absolute atomic E-state index is 14.4. The van der Waals surface area contributed by atoms with Crippen LogP contribution in [0.3, 0.4) is 0 Å². The van der Waals surface area contributed by atoms with Gasteiger partial charge < -0.3 is 15.5 Å². The van der Waals surface area contributed by atoms with Gasteiger partial charge in [-0.15, -0.1) is 0 Å². The molecule has 0 saturated carbocycles. The first-order valence-corrected chi connectivity index (χ1v) is 11.5. The minimum absolute atomic E-state index is 0.0182. The van der Waals surface area contributed by atoms with Gasteiger partial charge in [0.1, 0.15) is 6.54 Å². The summed E-state index contributed by atoms with van der Waals surface area (Å²) in [4.78, 5) is 29.0. The lowest BCUT2D eigenvalue weighted by Gasteiger charge is -2.44. The summed E-state index contributed by atoms with van der Waals surface area (Å²) in [6.45, 7) is 0.601. The van der Waals surface area contributed by atoms with E-state index in [9.17, 15) is 35.9 Å². The van der Waals surface area contributed by atoms with Gasteiger partial charge in [-0.05, 0) is 42.7 Å². The van der Waals surface area contributed by atoms with Crippen molar-refractivity contribution in [3.8, 4) is 0 Å². The Balaban J connectivity index is 1.76. The maximum Gasteiger partial charge on any atom is 0.432 e. The van der Waals surface area contributed by atoms with Gasteiger partial charge in [0, 0.05) is 27.5 Å². The van der Waals surface area contributed by atoms with Crippen LogP contribution in [0.1, 0.15) is 41.3 Å². The highest BCUT2D eigenvalue weighted by molar-refractivity contribution is 6.35. The predicted octanol–water partition coefficient (Wildman–Crippen LogP) is 5.48. The number of oxime groups is 1. The average molecular weight is 572 g/mol. The quantitative estimate of drug-likeness (QED) is 0.443. The number of nitrogens with zero attached hydrogens (tertiary/aromatic N) is 1. The number of benzene rings is 1. The van der Waals surface area contributed by atoms with Gasteiger partial charge in [0.05, 0.1) is 12.3 Å². The van der Waals surface area contributed by atoms with Crippen molar-refractivity contribution in [1.29, 1.82) is 0 Å². The Labute approximate surface area is 217 Å². The molecular formula is C23H21Cl2F6N3O3. The molecule has 2 atom stereocenters. The third-order valence-corrected chi connectivity index (χ3v) is 6.56. The van der Waals surface area contributed by atoms with Crippen LogP contribution in [-0.4, -0.2) is 48.6 Å². The highest BCUT2D eigenvalue weighted by atomic mass is 35.5. The first kappa shape index (κ1) is 28.8. The fourth-order valence-electron chi connectivity index (χ4n) is 4.19. The number of allylic oxidation sites excluding steroid dienone is 3. The van der Waals surface area contributed by atoms with Crippen LogP contribution >= 0.6 is 23.2 Å². The van der Waals surface area contributed by atoms with Crippen molar-refractivity contribution >= 4 is 40.7 Å². The van der Waals surface area contributed by atoms with Crippen LogP contribution in [0.4, 0.5) is 26.3 Å². The summed E-state index contributed by atoms with van der Waals surface area (Å²) in [5.74, 6) is -1.79. The fraction of sp³-hybridized carbons (Fsp3) is 0.435. The number of nitrogens with one attached hydrogen (secondary N) is 2. The molecule has 1 aromatic rings. The summed E-state index contributed by atoms with van der Waals surface area (Å²) >= 11 is 12.1. The Morgan fingerprint density at radius 2 is 1.78 bits per heavy atom. The number of aryl methyl sites for hydroxylation is 1. The number of hydrogen-bond donors (Lipinski definition) is 2. The minimum atomic E-state index is -4.85. The van der Waals surface area contributed by atoms with Crippen molar-refractivity contribution in [2.45, 2.75) is 44.6 Å². The molecule has 1 heterocycles. The van der Waals surface area contributed by atoms with Crippen molar-refractivity contribution in [2.24, 2.45) is 10.6 Å². The minimum Gasteiger partial charge on any atom is -0.378 e. The van der Waals surface area contributed by atoms with Gasteiger partial charge in [0.25, 0.3) is 5.91 Å². The number of alkyl halides is 6. The van der Waals surface area contributed by atoms with Crippen molar-refractivity contribution < 1.29 is 40.8 Å². The van der Waals surface area contributed by atoms with Gasteiger partial charge in [-0.25, -0.2) is 0 Å². The summed E-state index contributed by atoms with van der Waals surface area (Å²) in [5, 5.41) is 7.72. The lowest BCUT2D eigenvalue weighted by atomic mass is 9.66. The number of carbonyl (C=O) groups excluding carboxylic acids is 2. The zero-order valence-electron chi connectivity index (χ0n) is 19.4. The molecule has 6 nitrogen and oxygen atoms in total. The first-order chi connectivity index (χ1) is 17.0. The van der Waals surface area contributed by atoms with Crippen LogP contribution < -0.4 is 10.6 Å². The van der Waals surface area contributed by atoms with Crippen LogP contribution in [0.25, 0.3) is 0 Å². The molecule has 1 unspecified atom stereocenters.